The molecule has 0 unspecified atom stereocenters. The quantitative estimate of drug-likeness (QED) is 0.736. The van der Waals surface area contributed by atoms with Gasteiger partial charge in [0.25, 0.3) is 11.8 Å². The smallest absolute Gasteiger partial charge is 0.306 e. The monoisotopic (exact) mass is 294 g/mol. The highest BCUT2D eigenvalue weighted by Gasteiger charge is 2.35. The number of amides is 2. The van der Waals surface area contributed by atoms with Crippen LogP contribution in [0.2, 0.25) is 0 Å². The van der Waals surface area contributed by atoms with E-state index in [4.69, 9.17) is 4.84 Å². The van der Waals surface area contributed by atoms with Crippen LogP contribution in [0, 0.1) is 5.92 Å². The van der Waals surface area contributed by atoms with E-state index in [1.54, 1.807) is 0 Å². The molecular formula is C14H18N2O5. The number of hydroxylamine groups is 2. The van der Waals surface area contributed by atoms with E-state index in [1.807, 2.05) is 29.9 Å². The molecule has 0 bridgehead atoms. The number of hydrogen-bond donors (Lipinski definition) is 0. The van der Waals surface area contributed by atoms with Gasteiger partial charge in [0.15, 0.2) is 0 Å². The number of aromatic nitrogens is 1. The lowest BCUT2D eigenvalue weighted by Gasteiger charge is -2.20. The van der Waals surface area contributed by atoms with E-state index in [-0.39, 0.29) is 25.4 Å². The molecule has 1 aliphatic rings. The van der Waals surface area contributed by atoms with Gasteiger partial charge in [-0.25, -0.2) is 0 Å². The molecule has 7 heteroatoms. The normalized spacial score (nSPS) is 16.1. The van der Waals surface area contributed by atoms with Gasteiger partial charge < -0.3 is 9.30 Å². The van der Waals surface area contributed by atoms with E-state index in [2.05, 4.69) is 4.74 Å². The molecule has 2 rings (SSSR count). The molecule has 0 aliphatic carbocycles. The largest absolute Gasteiger partial charge is 0.469 e. The third-order valence-corrected chi connectivity index (χ3v) is 3.46. The predicted octanol–water partition coefficient (Wildman–Crippen LogP) is 0.437. The summed E-state index contributed by atoms with van der Waals surface area (Å²) in [5, 5.41) is 0.774. The minimum atomic E-state index is -0.687. The third kappa shape index (κ3) is 3.49. The predicted molar refractivity (Wildman–Crippen MR) is 71.7 cm³/mol. The van der Waals surface area contributed by atoms with Crippen LogP contribution in [0.15, 0.2) is 18.3 Å². The van der Waals surface area contributed by atoms with Gasteiger partial charge in [-0.3, -0.25) is 19.2 Å². The fourth-order valence-corrected chi connectivity index (χ4v) is 2.24. The van der Waals surface area contributed by atoms with Crippen molar-refractivity contribution in [2.75, 3.05) is 13.7 Å². The highest BCUT2D eigenvalue weighted by molar-refractivity contribution is 5.97. The lowest BCUT2D eigenvalue weighted by Crippen LogP contribution is -2.38. The summed E-state index contributed by atoms with van der Waals surface area (Å²) in [7, 11) is 3.12. The SMILES string of the molecule is COC(=O)C[C@H](Cc1cccn1C)C(=O)N1OCCC1=O. The Morgan fingerprint density at radius 1 is 1.48 bits per heavy atom. The number of methoxy groups -OCH3 is 1. The first-order valence-corrected chi connectivity index (χ1v) is 6.69. The molecule has 0 aromatic carbocycles. The minimum Gasteiger partial charge on any atom is -0.469 e. The van der Waals surface area contributed by atoms with Crippen LogP contribution in [0.3, 0.4) is 0 Å². The van der Waals surface area contributed by atoms with Gasteiger partial charge in [-0.15, -0.1) is 0 Å². The van der Waals surface area contributed by atoms with E-state index in [1.165, 1.54) is 7.11 Å². The summed E-state index contributed by atoms with van der Waals surface area (Å²) in [5.74, 6) is -2.05. The average molecular weight is 294 g/mol. The van der Waals surface area contributed by atoms with Crippen LogP contribution in [0.4, 0.5) is 0 Å². The molecule has 7 nitrogen and oxygen atoms in total. The van der Waals surface area contributed by atoms with Crippen LogP contribution in [-0.2, 0) is 37.4 Å². The van der Waals surface area contributed by atoms with Gasteiger partial charge in [-0.1, -0.05) is 0 Å². The molecule has 1 aromatic rings. The first-order valence-electron chi connectivity index (χ1n) is 6.69. The zero-order valence-electron chi connectivity index (χ0n) is 12.1. The van der Waals surface area contributed by atoms with E-state index >= 15 is 0 Å². The number of imide groups is 1. The van der Waals surface area contributed by atoms with E-state index < -0.39 is 17.8 Å². The van der Waals surface area contributed by atoms with Gasteiger partial charge >= 0.3 is 5.97 Å². The Morgan fingerprint density at radius 3 is 2.76 bits per heavy atom. The van der Waals surface area contributed by atoms with Crippen LogP contribution in [0.1, 0.15) is 18.5 Å². The van der Waals surface area contributed by atoms with Crippen molar-refractivity contribution < 1.29 is 24.0 Å². The van der Waals surface area contributed by atoms with Crippen molar-refractivity contribution >= 4 is 17.8 Å². The van der Waals surface area contributed by atoms with Gasteiger partial charge in [-0.05, 0) is 18.6 Å². The highest BCUT2D eigenvalue weighted by Crippen LogP contribution is 2.19. The van der Waals surface area contributed by atoms with Gasteiger partial charge in [-0.2, -0.15) is 5.06 Å². The first-order chi connectivity index (χ1) is 10.0. The van der Waals surface area contributed by atoms with Crippen LogP contribution in [0.5, 0.6) is 0 Å². The Balaban J connectivity index is 2.15. The van der Waals surface area contributed by atoms with E-state index in [0.717, 1.165) is 10.8 Å². The molecule has 0 radical (unpaired) electrons. The Labute approximate surface area is 122 Å². The fourth-order valence-electron chi connectivity index (χ4n) is 2.24. The second-order valence-corrected chi connectivity index (χ2v) is 4.90. The molecule has 0 N–H and O–H groups in total. The van der Waals surface area contributed by atoms with Gasteiger partial charge in [0.05, 0.1) is 32.5 Å². The molecule has 0 saturated carbocycles. The molecule has 2 amide bonds. The van der Waals surface area contributed by atoms with E-state index in [0.29, 0.717) is 6.42 Å². The van der Waals surface area contributed by atoms with Crippen LogP contribution in [0.25, 0.3) is 0 Å². The van der Waals surface area contributed by atoms with Crippen molar-refractivity contribution in [2.24, 2.45) is 13.0 Å². The van der Waals surface area contributed by atoms with Crippen molar-refractivity contribution in [2.45, 2.75) is 19.3 Å². The summed E-state index contributed by atoms with van der Waals surface area (Å²) in [5.41, 5.74) is 0.892. The van der Waals surface area contributed by atoms with Crippen molar-refractivity contribution in [1.29, 1.82) is 0 Å². The Kier molecular flexibility index (Phi) is 4.74. The van der Waals surface area contributed by atoms with E-state index in [9.17, 15) is 14.4 Å². The number of carbonyl (C=O) groups excluding carboxylic acids is 3. The number of ether oxygens (including phenoxy) is 1. The summed E-state index contributed by atoms with van der Waals surface area (Å²) in [6, 6.07) is 3.72. The molecule has 21 heavy (non-hydrogen) atoms. The Bertz CT molecular complexity index is 551. The fraction of sp³-hybridized carbons (Fsp3) is 0.500. The highest BCUT2D eigenvalue weighted by atomic mass is 16.7. The Hall–Kier alpha value is -2.15. The number of nitrogens with zero attached hydrogens (tertiary/aromatic N) is 2. The summed E-state index contributed by atoms with van der Waals surface area (Å²) in [6.45, 7) is 0.194. The molecule has 1 atom stereocenters. The third-order valence-electron chi connectivity index (χ3n) is 3.46. The molecule has 1 saturated heterocycles. The maximum atomic E-state index is 12.4. The molecule has 1 fully saturated rings. The van der Waals surface area contributed by atoms with Crippen molar-refractivity contribution in [1.82, 2.24) is 9.63 Å². The number of aryl methyl sites for hydroxylation is 1. The number of carbonyl (C=O) groups is 3. The van der Waals surface area contributed by atoms with Crippen LogP contribution in [-0.4, -0.2) is 41.1 Å². The maximum Gasteiger partial charge on any atom is 0.306 e. The lowest BCUT2D eigenvalue weighted by atomic mass is 9.98. The van der Waals surface area contributed by atoms with Crippen molar-refractivity contribution in [3.8, 4) is 0 Å². The average Bonchev–Trinajstić information content (AvgIpc) is 3.06. The topological polar surface area (TPSA) is 77.8 Å². The summed E-state index contributed by atoms with van der Waals surface area (Å²) < 4.78 is 6.49. The maximum absolute atomic E-state index is 12.4. The molecular weight excluding hydrogens is 276 g/mol. The number of hydrogen-bond acceptors (Lipinski definition) is 5. The lowest BCUT2D eigenvalue weighted by molar-refractivity contribution is -0.182. The van der Waals surface area contributed by atoms with Crippen LogP contribution >= 0.6 is 0 Å². The number of esters is 1. The summed E-state index contributed by atoms with van der Waals surface area (Å²) in [6.07, 6.45) is 2.28. The molecule has 114 valence electrons. The molecule has 2 heterocycles. The summed E-state index contributed by atoms with van der Waals surface area (Å²) >= 11 is 0. The minimum absolute atomic E-state index is 0.0896. The second kappa shape index (κ2) is 6.53. The summed E-state index contributed by atoms with van der Waals surface area (Å²) in [4.78, 5) is 40.6. The van der Waals surface area contributed by atoms with Crippen molar-refractivity contribution in [3.05, 3.63) is 24.0 Å². The molecule has 1 aliphatic heterocycles. The number of rotatable bonds is 5. The zero-order chi connectivity index (χ0) is 15.4. The van der Waals surface area contributed by atoms with Gasteiger partial charge in [0.2, 0.25) is 0 Å². The van der Waals surface area contributed by atoms with Crippen LogP contribution < -0.4 is 0 Å². The Morgan fingerprint density at radius 2 is 2.24 bits per heavy atom. The van der Waals surface area contributed by atoms with Crippen molar-refractivity contribution in [3.63, 3.8) is 0 Å². The standard InChI is InChI=1S/C14H18N2O5/c1-15-6-3-4-11(15)8-10(9-13(18)20-2)14(19)16-12(17)5-7-21-16/h3-4,6,10H,5,7-9H2,1-2H3/t10-/m0/s1. The zero-order valence-corrected chi connectivity index (χ0v) is 12.1. The van der Waals surface area contributed by atoms with Gasteiger partial charge in [0, 0.05) is 18.9 Å². The first kappa shape index (κ1) is 15.2. The molecule has 1 aromatic heterocycles. The molecule has 0 spiro atoms. The van der Waals surface area contributed by atoms with Gasteiger partial charge in [0.1, 0.15) is 0 Å². The second-order valence-electron chi connectivity index (χ2n) is 4.90.